The van der Waals surface area contributed by atoms with Crippen LogP contribution in [0.2, 0.25) is 0 Å². The minimum atomic E-state index is -0.902. The lowest BCUT2D eigenvalue weighted by Gasteiger charge is -2.05. The molecule has 0 spiro atoms. The van der Waals surface area contributed by atoms with Crippen molar-refractivity contribution >= 4 is 5.97 Å². The van der Waals surface area contributed by atoms with Crippen LogP contribution in [0.25, 0.3) is 5.69 Å². The second-order valence-corrected chi connectivity index (χ2v) is 3.71. The van der Waals surface area contributed by atoms with Gasteiger partial charge in [-0.1, -0.05) is 30.3 Å². The summed E-state index contributed by atoms with van der Waals surface area (Å²) in [5.41, 5.74) is 2.56. The summed E-state index contributed by atoms with van der Waals surface area (Å²) in [6.45, 7) is 2.06. The number of benzene rings is 1. The minimum absolute atomic E-state index is 0.103. The van der Waals surface area contributed by atoms with Crippen LogP contribution >= 0.6 is 0 Å². The zero-order valence-electron chi connectivity index (χ0n) is 9.50. The van der Waals surface area contributed by atoms with E-state index in [0.717, 1.165) is 17.7 Å². The molecule has 0 radical (unpaired) electrons. The number of para-hydroxylation sites is 1. The molecule has 0 bridgehead atoms. The van der Waals surface area contributed by atoms with E-state index in [2.05, 4.69) is 17.2 Å². The topological polar surface area (TPSA) is 68.0 Å². The van der Waals surface area contributed by atoms with Gasteiger partial charge in [-0.05, 0) is 18.1 Å². The van der Waals surface area contributed by atoms with E-state index in [1.165, 1.54) is 0 Å². The summed E-state index contributed by atoms with van der Waals surface area (Å²) >= 11 is 0. The van der Waals surface area contributed by atoms with Crippen LogP contribution in [0.1, 0.15) is 18.2 Å². The Morgan fingerprint density at radius 1 is 1.41 bits per heavy atom. The zero-order valence-corrected chi connectivity index (χ0v) is 9.50. The first kappa shape index (κ1) is 11.3. The zero-order chi connectivity index (χ0) is 12.3. The van der Waals surface area contributed by atoms with Crippen LogP contribution < -0.4 is 0 Å². The number of carboxylic acid groups (broad SMARTS) is 1. The lowest BCUT2D eigenvalue weighted by molar-refractivity contribution is -0.136. The summed E-state index contributed by atoms with van der Waals surface area (Å²) in [6.07, 6.45) is 2.45. The minimum Gasteiger partial charge on any atom is -0.481 e. The van der Waals surface area contributed by atoms with Gasteiger partial charge in [-0.15, -0.1) is 5.10 Å². The fourth-order valence-electron chi connectivity index (χ4n) is 1.69. The van der Waals surface area contributed by atoms with Crippen LogP contribution in [0, 0.1) is 0 Å². The predicted octanol–water partition coefficient (Wildman–Crippen LogP) is 1.46. The van der Waals surface area contributed by atoms with Gasteiger partial charge in [0.1, 0.15) is 0 Å². The van der Waals surface area contributed by atoms with Crippen molar-refractivity contribution in [3.63, 3.8) is 0 Å². The van der Waals surface area contributed by atoms with Crippen molar-refractivity contribution in [3.05, 3.63) is 41.7 Å². The Hall–Kier alpha value is -2.17. The number of aliphatic carboxylic acids is 1. The summed E-state index contributed by atoms with van der Waals surface area (Å²) in [5, 5.41) is 16.5. The first-order valence-corrected chi connectivity index (χ1v) is 5.42. The molecule has 0 unspecified atom stereocenters. The third-order valence-electron chi connectivity index (χ3n) is 2.49. The standard InChI is InChI=1S/C12H13N3O2/c1-2-9-5-3-4-6-11(9)15-8-10(13-14-15)7-12(16)17/h3-6,8H,2,7H2,1H3,(H,16,17). The van der Waals surface area contributed by atoms with Crippen LogP contribution in [-0.4, -0.2) is 26.1 Å². The molecule has 17 heavy (non-hydrogen) atoms. The molecule has 0 aliphatic rings. The monoisotopic (exact) mass is 231 g/mol. The van der Waals surface area contributed by atoms with Gasteiger partial charge in [-0.3, -0.25) is 4.79 Å². The highest BCUT2D eigenvalue weighted by molar-refractivity contribution is 5.69. The first-order chi connectivity index (χ1) is 8.20. The lowest BCUT2D eigenvalue weighted by atomic mass is 10.1. The number of aromatic nitrogens is 3. The summed E-state index contributed by atoms with van der Waals surface area (Å²) < 4.78 is 1.62. The maximum Gasteiger partial charge on any atom is 0.309 e. The molecule has 0 atom stereocenters. The van der Waals surface area contributed by atoms with Crippen LogP contribution in [0.5, 0.6) is 0 Å². The van der Waals surface area contributed by atoms with Crippen molar-refractivity contribution in [2.75, 3.05) is 0 Å². The highest BCUT2D eigenvalue weighted by Crippen LogP contribution is 2.14. The highest BCUT2D eigenvalue weighted by Gasteiger charge is 2.08. The lowest BCUT2D eigenvalue weighted by Crippen LogP contribution is -2.00. The van der Waals surface area contributed by atoms with Gasteiger partial charge in [-0.2, -0.15) is 0 Å². The highest BCUT2D eigenvalue weighted by atomic mass is 16.4. The van der Waals surface area contributed by atoms with E-state index in [1.54, 1.807) is 10.9 Å². The van der Waals surface area contributed by atoms with Gasteiger partial charge in [0.25, 0.3) is 0 Å². The smallest absolute Gasteiger partial charge is 0.309 e. The van der Waals surface area contributed by atoms with Crippen molar-refractivity contribution < 1.29 is 9.90 Å². The maximum absolute atomic E-state index is 10.6. The van der Waals surface area contributed by atoms with E-state index >= 15 is 0 Å². The van der Waals surface area contributed by atoms with Crippen LogP contribution in [0.4, 0.5) is 0 Å². The third-order valence-corrected chi connectivity index (χ3v) is 2.49. The van der Waals surface area contributed by atoms with Crippen molar-refractivity contribution in [2.45, 2.75) is 19.8 Å². The quantitative estimate of drug-likeness (QED) is 0.864. The average Bonchev–Trinajstić information content (AvgIpc) is 2.76. The van der Waals surface area contributed by atoms with E-state index < -0.39 is 5.97 Å². The molecule has 88 valence electrons. The third kappa shape index (κ3) is 2.50. The predicted molar refractivity (Wildman–Crippen MR) is 62.1 cm³/mol. The van der Waals surface area contributed by atoms with Crippen LogP contribution in [0.15, 0.2) is 30.5 Å². The molecule has 0 fully saturated rings. The Morgan fingerprint density at radius 2 is 2.18 bits per heavy atom. The summed E-state index contributed by atoms with van der Waals surface area (Å²) in [6, 6.07) is 7.86. The van der Waals surface area contributed by atoms with E-state index in [-0.39, 0.29) is 6.42 Å². The van der Waals surface area contributed by atoms with Gasteiger partial charge in [0, 0.05) is 0 Å². The number of nitrogens with zero attached hydrogens (tertiary/aromatic N) is 3. The molecule has 2 rings (SSSR count). The number of carbonyl (C=O) groups is 1. The molecular weight excluding hydrogens is 218 g/mol. The molecule has 0 aliphatic carbocycles. The Morgan fingerprint density at radius 3 is 2.88 bits per heavy atom. The number of aryl methyl sites for hydroxylation is 1. The molecule has 1 heterocycles. The second kappa shape index (κ2) is 4.78. The molecular formula is C12H13N3O2. The van der Waals surface area contributed by atoms with Gasteiger partial charge in [0.15, 0.2) is 0 Å². The first-order valence-electron chi connectivity index (χ1n) is 5.42. The van der Waals surface area contributed by atoms with Gasteiger partial charge >= 0.3 is 5.97 Å². The van der Waals surface area contributed by atoms with Crippen molar-refractivity contribution in [1.29, 1.82) is 0 Å². The number of rotatable bonds is 4. The molecule has 1 N–H and O–H groups in total. The van der Waals surface area contributed by atoms with Crippen LogP contribution in [-0.2, 0) is 17.6 Å². The number of carboxylic acids is 1. The van der Waals surface area contributed by atoms with Gasteiger partial charge in [0.2, 0.25) is 0 Å². The molecule has 1 aromatic heterocycles. The van der Waals surface area contributed by atoms with E-state index in [4.69, 9.17) is 5.11 Å². The average molecular weight is 231 g/mol. The second-order valence-electron chi connectivity index (χ2n) is 3.71. The fourth-order valence-corrected chi connectivity index (χ4v) is 1.69. The van der Waals surface area contributed by atoms with E-state index in [9.17, 15) is 4.79 Å². The Bertz CT molecular complexity index is 534. The molecule has 0 saturated carbocycles. The summed E-state index contributed by atoms with van der Waals surface area (Å²) in [5.74, 6) is -0.902. The largest absolute Gasteiger partial charge is 0.481 e. The Labute approximate surface area is 98.7 Å². The van der Waals surface area contributed by atoms with Crippen LogP contribution in [0.3, 0.4) is 0 Å². The van der Waals surface area contributed by atoms with Gasteiger partial charge in [0.05, 0.1) is 24.0 Å². The van der Waals surface area contributed by atoms with Gasteiger partial charge in [-0.25, -0.2) is 4.68 Å². The molecule has 0 saturated heterocycles. The SMILES string of the molecule is CCc1ccccc1-n1cc(CC(=O)O)nn1. The molecule has 0 amide bonds. The Kier molecular flexibility index (Phi) is 3.18. The van der Waals surface area contributed by atoms with Crippen molar-refractivity contribution in [2.24, 2.45) is 0 Å². The fraction of sp³-hybridized carbons (Fsp3) is 0.250. The Balaban J connectivity index is 2.33. The normalized spacial score (nSPS) is 10.4. The van der Waals surface area contributed by atoms with Crippen molar-refractivity contribution in [1.82, 2.24) is 15.0 Å². The van der Waals surface area contributed by atoms with E-state index in [1.807, 2.05) is 24.3 Å². The number of hydrogen-bond acceptors (Lipinski definition) is 3. The molecule has 5 nitrogen and oxygen atoms in total. The number of hydrogen-bond donors (Lipinski definition) is 1. The summed E-state index contributed by atoms with van der Waals surface area (Å²) in [4.78, 5) is 10.6. The molecule has 1 aromatic carbocycles. The van der Waals surface area contributed by atoms with Gasteiger partial charge < -0.3 is 5.11 Å². The van der Waals surface area contributed by atoms with Crippen molar-refractivity contribution in [3.8, 4) is 5.69 Å². The molecule has 0 aliphatic heterocycles. The van der Waals surface area contributed by atoms with E-state index in [0.29, 0.717) is 5.69 Å². The molecule has 5 heteroatoms. The maximum atomic E-state index is 10.6. The molecule has 2 aromatic rings. The summed E-state index contributed by atoms with van der Waals surface area (Å²) in [7, 11) is 0.